The molecule has 1 aromatic carbocycles. The number of aliphatic hydroxyl groups is 1. The van der Waals surface area contributed by atoms with Crippen LogP contribution in [0, 0.1) is 0 Å². The van der Waals surface area contributed by atoms with Crippen LogP contribution in [0.25, 0.3) is 11.3 Å². The number of ether oxygens (including phenoxy) is 1. The number of aromatic nitrogens is 2. The van der Waals surface area contributed by atoms with E-state index < -0.39 is 17.7 Å². The number of aryl methyl sites for hydroxylation is 1. The standard InChI is InChI=1S/C18H25N3O3/c1-5-21-11-10-15(20-21)13-6-8-14(9-7-13)16(12-22)19-17(23)24-18(2,3)4/h6-11,16,22H,5,12H2,1-4H3,(H,19,23)/t16-/m0/s1. The maximum Gasteiger partial charge on any atom is 0.408 e. The van der Waals surface area contributed by atoms with Crippen molar-refractivity contribution in [3.63, 3.8) is 0 Å². The van der Waals surface area contributed by atoms with Gasteiger partial charge in [-0.15, -0.1) is 0 Å². The van der Waals surface area contributed by atoms with Crippen molar-refractivity contribution < 1.29 is 14.6 Å². The first kappa shape index (κ1) is 18.0. The van der Waals surface area contributed by atoms with Crippen LogP contribution in [0.5, 0.6) is 0 Å². The van der Waals surface area contributed by atoms with Crippen molar-refractivity contribution in [2.75, 3.05) is 6.61 Å². The van der Waals surface area contributed by atoms with E-state index in [0.717, 1.165) is 23.4 Å². The van der Waals surface area contributed by atoms with Gasteiger partial charge in [0.2, 0.25) is 0 Å². The predicted molar refractivity (Wildman–Crippen MR) is 92.5 cm³/mol. The summed E-state index contributed by atoms with van der Waals surface area (Å²) in [6.45, 7) is 8.04. The molecule has 0 aliphatic rings. The van der Waals surface area contributed by atoms with Gasteiger partial charge in [0.15, 0.2) is 0 Å². The molecule has 1 atom stereocenters. The summed E-state index contributed by atoms with van der Waals surface area (Å²) in [5.74, 6) is 0. The van der Waals surface area contributed by atoms with Gasteiger partial charge in [0.25, 0.3) is 0 Å². The first-order chi connectivity index (χ1) is 11.3. The zero-order valence-corrected chi connectivity index (χ0v) is 14.6. The van der Waals surface area contributed by atoms with Gasteiger partial charge in [0.05, 0.1) is 18.3 Å². The van der Waals surface area contributed by atoms with Crippen LogP contribution >= 0.6 is 0 Å². The normalized spacial score (nSPS) is 12.7. The summed E-state index contributed by atoms with van der Waals surface area (Å²) < 4.78 is 7.09. The number of hydrogen-bond donors (Lipinski definition) is 2. The molecule has 130 valence electrons. The lowest BCUT2D eigenvalue weighted by Gasteiger charge is -2.23. The number of benzene rings is 1. The van der Waals surface area contributed by atoms with E-state index >= 15 is 0 Å². The summed E-state index contributed by atoms with van der Waals surface area (Å²) in [6.07, 6.45) is 1.39. The Balaban J connectivity index is 2.08. The highest BCUT2D eigenvalue weighted by molar-refractivity contribution is 5.68. The van der Waals surface area contributed by atoms with Gasteiger partial charge >= 0.3 is 6.09 Å². The molecule has 6 heteroatoms. The summed E-state index contributed by atoms with van der Waals surface area (Å²) in [7, 11) is 0. The van der Waals surface area contributed by atoms with Gasteiger partial charge in [-0.2, -0.15) is 5.10 Å². The summed E-state index contributed by atoms with van der Waals surface area (Å²) in [5.41, 5.74) is 2.11. The van der Waals surface area contributed by atoms with Crippen LogP contribution in [-0.2, 0) is 11.3 Å². The molecule has 0 aliphatic carbocycles. The Morgan fingerprint density at radius 3 is 2.46 bits per heavy atom. The molecule has 1 amide bonds. The van der Waals surface area contributed by atoms with Crippen LogP contribution in [0.4, 0.5) is 4.79 Å². The Labute approximate surface area is 142 Å². The van der Waals surface area contributed by atoms with Crippen molar-refractivity contribution in [1.29, 1.82) is 0 Å². The average Bonchev–Trinajstić information content (AvgIpc) is 3.00. The minimum Gasteiger partial charge on any atom is -0.444 e. The highest BCUT2D eigenvalue weighted by Gasteiger charge is 2.20. The lowest BCUT2D eigenvalue weighted by molar-refractivity contribution is 0.0482. The van der Waals surface area contributed by atoms with Gasteiger partial charge in [-0.25, -0.2) is 4.79 Å². The molecule has 0 unspecified atom stereocenters. The van der Waals surface area contributed by atoms with Crippen LogP contribution < -0.4 is 5.32 Å². The van der Waals surface area contributed by atoms with Crippen LogP contribution in [0.2, 0.25) is 0 Å². The molecule has 0 spiro atoms. The van der Waals surface area contributed by atoms with E-state index in [1.807, 2.05) is 48.1 Å². The quantitative estimate of drug-likeness (QED) is 0.882. The molecule has 2 N–H and O–H groups in total. The SMILES string of the molecule is CCn1ccc(-c2ccc([C@H](CO)NC(=O)OC(C)(C)C)cc2)n1. The zero-order chi connectivity index (χ0) is 17.7. The molecule has 24 heavy (non-hydrogen) atoms. The summed E-state index contributed by atoms with van der Waals surface area (Å²) in [4.78, 5) is 11.9. The van der Waals surface area contributed by atoms with Crippen molar-refractivity contribution >= 4 is 6.09 Å². The van der Waals surface area contributed by atoms with Crippen LogP contribution in [-0.4, -0.2) is 33.2 Å². The van der Waals surface area contributed by atoms with E-state index in [9.17, 15) is 9.90 Å². The monoisotopic (exact) mass is 331 g/mol. The van der Waals surface area contributed by atoms with Gasteiger partial charge in [-0.1, -0.05) is 24.3 Å². The van der Waals surface area contributed by atoms with Crippen LogP contribution in [0.15, 0.2) is 36.5 Å². The van der Waals surface area contributed by atoms with Crippen LogP contribution in [0.1, 0.15) is 39.3 Å². The van der Waals surface area contributed by atoms with Crippen molar-refractivity contribution in [3.8, 4) is 11.3 Å². The van der Waals surface area contributed by atoms with E-state index in [1.54, 1.807) is 20.8 Å². The van der Waals surface area contributed by atoms with Crippen molar-refractivity contribution in [3.05, 3.63) is 42.1 Å². The predicted octanol–water partition coefficient (Wildman–Crippen LogP) is 3.13. The summed E-state index contributed by atoms with van der Waals surface area (Å²) in [5, 5.41) is 16.7. The topological polar surface area (TPSA) is 76.4 Å². The third-order valence-electron chi connectivity index (χ3n) is 3.45. The minimum atomic E-state index is -0.577. The van der Waals surface area contributed by atoms with E-state index in [0.29, 0.717) is 0 Å². The molecule has 0 aliphatic heterocycles. The molecular weight excluding hydrogens is 306 g/mol. The highest BCUT2D eigenvalue weighted by Crippen LogP contribution is 2.21. The Morgan fingerprint density at radius 1 is 1.29 bits per heavy atom. The Kier molecular flexibility index (Phi) is 5.62. The Hall–Kier alpha value is -2.34. The number of hydrogen-bond acceptors (Lipinski definition) is 4. The van der Waals surface area contributed by atoms with E-state index in [4.69, 9.17) is 4.74 Å². The summed E-state index contributed by atoms with van der Waals surface area (Å²) >= 11 is 0. The second-order valence-corrected chi connectivity index (χ2v) is 6.56. The number of aliphatic hydroxyl groups excluding tert-OH is 1. The largest absolute Gasteiger partial charge is 0.444 e. The molecule has 2 aromatic rings. The molecule has 1 aromatic heterocycles. The highest BCUT2D eigenvalue weighted by atomic mass is 16.6. The fourth-order valence-electron chi connectivity index (χ4n) is 2.26. The Morgan fingerprint density at radius 2 is 1.96 bits per heavy atom. The van der Waals surface area contributed by atoms with E-state index in [2.05, 4.69) is 10.4 Å². The molecule has 0 radical (unpaired) electrons. The fourth-order valence-corrected chi connectivity index (χ4v) is 2.26. The van der Waals surface area contributed by atoms with Gasteiger partial charge < -0.3 is 15.2 Å². The first-order valence-corrected chi connectivity index (χ1v) is 8.06. The summed E-state index contributed by atoms with van der Waals surface area (Å²) in [6, 6.07) is 9.05. The van der Waals surface area contributed by atoms with Gasteiger partial charge in [-0.3, -0.25) is 4.68 Å². The van der Waals surface area contributed by atoms with E-state index in [-0.39, 0.29) is 6.61 Å². The maximum absolute atomic E-state index is 11.9. The van der Waals surface area contributed by atoms with Crippen molar-refractivity contribution in [2.45, 2.75) is 45.9 Å². The van der Waals surface area contributed by atoms with E-state index in [1.165, 1.54) is 0 Å². The number of rotatable bonds is 5. The minimum absolute atomic E-state index is 0.205. The Bertz CT molecular complexity index is 672. The zero-order valence-electron chi connectivity index (χ0n) is 14.6. The van der Waals surface area contributed by atoms with Gasteiger partial charge in [0.1, 0.15) is 5.60 Å². The van der Waals surface area contributed by atoms with Gasteiger partial charge in [0, 0.05) is 18.3 Å². The molecule has 0 bridgehead atoms. The molecule has 0 fully saturated rings. The first-order valence-electron chi connectivity index (χ1n) is 8.06. The van der Waals surface area contributed by atoms with Gasteiger partial charge in [-0.05, 0) is 39.3 Å². The third kappa shape index (κ3) is 4.83. The number of amides is 1. The van der Waals surface area contributed by atoms with Crippen LogP contribution in [0.3, 0.4) is 0 Å². The second-order valence-electron chi connectivity index (χ2n) is 6.56. The lowest BCUT2D eigenvalue weighted by atomic mass is 10.0. The fraction of sp³-hybridized carbons (Fsp3) is 0.444. The smallest absolute Gasteiger partial charge is 0.408 e. The third-order valence-corrected chi connectivity index (χ3v) is 3.45. The molecule has 0 saturated heterocycles. The molecule has 1 heterocycles. The van der Waals surface area contributed by atoms with Crippen molar-refractivity contribution in [1.82, 2.24) is 15.1 Å². The number of carbonyl (C=O) groups is 1. The average molecular weight is 331 g/mol. The number of alkyl carbamates (subject to hydrolysis) is 1. The molecule has 6 nitrogen and oxygen atoms in total. The number of carbonyl (C=O) groups excluding carboxylic acids is 1. The maximum atomic E-state index is 11.9. The van der Waals surface area contributed by atoms with Crippen molar-refractivity contribution in [2.24, 2.45) is 0 Å². The molecule has 0 saturated carbocycles. The number of nitrogens with one attached hydrogen (secondary N) is 1. The number of nitrogens with zero attached hydrogens (tertiary/aromatic N) is 2. The lowest BCUT2D eigenvalue weighted by Crippen LogP contribution is -2.36. The molecular formula is C18H25N3O3. The molecule has 2 rings (SSSR count). The second kappa shape index (κ2) is 7.49.